The molecule has 2 rings (SSSR count). The molecule has 2 aromatic carbocycles. The highest BCUT2D eigenvalue weighted by Gasteiger charge is 2.11. The van der Waals surface area contributed by atoms with Gasteiger partial charge in [-0.3, -0.25) is 9.59 Å². The van der Waals surface area contributed by atoms with Gasteiger partial charge in [0, 0.05) is 18.2 Å². The molecule has 0 unspecified atom stereocenters. The predicted molar refractivity (Wildman–Crippen MR) is 81.6 cm³/mol. The van der Waals surface area contributed by atoms with Gasteiger partial charge in [0.2, 0.25) is 0 Å². The summed E-state index contributed by atoms with van der Waals surface area (Å²) in [6, 6.07) is 14.2. The number of Topliss-reactive ketones (excluding diaryl/α,β-unsaturated/α-hetero) is 1. The van der Waals surface area contributed by atoms with Crippen molar-refractivity contribution in [3.63, 3.8) is 0 Å². The van der Waals surface area contributed by atoms with Crippen LogP contribution >= 0.6 is 0 Å². The molecule has 0 heterocycles. The van der Waals surface area contributed by atoms with Gasteiger partial charge in [-0.2, -0.15) is 0 Å². The fourth-order valence-electron chi connectivity index (χ4n) is 2.06. The predicted octanol–water partition coefficient (Wildman–Crippen LogP) is 3.29. The minimum Gasteiger partial charge on any atom is -0.380 e. The average Bonchev–Trinajstić information content (AvgIpc) is 2.48. The normalized spacial score (nSPS) is 10.2. The summed E-state index contributed by atoms with van der Waals surface area (Å²) in [7, 11) is 1.61. The Labute approximate surface area is 123 Å². The Kier molecular flexibility index (Phi) is 4.85. The Bertz CT molecular complexity index is 665. The van der Waals surface area contributed by atoms with Crippen molar-refractivity contribution in [3.05, 3.63) is 65.2 Å². The number of carbonyl (C=O) groups excluding carboxylic acids is 2. The Morgan fingerprint density at radius 3 is 2.57 bits per heavy atom. The molecule has 0 aliphatic heterocycles. The zero-order chi connectivity index (χ0) is 15.2. The molecule has 0 fully saturated rings. The minimum atomic E-state index is -0.248. The lowest BCUT2D eigenvalue weighted by Crippen LogP contribution is -2.14. The lowest BCUT2D eigenvalue weighted by atomic mass is 10.1. The van der Waals surface area contributed by atoms with E-state index in [0.717, 1.165) is 5.56 Å². The summed E-state index contributed by atoms with van der Waals surface area (Å²) in [6.45, 7) is 1.93. The van der Waals surface area contributed by atoms with Crippen molar-refractivity contribution in [3.8, 4) is 0 Å². The number of ketones is 1. The van der Waals surface area contributed by atoms with Crippen LogP contribution in [-0.4, -0.2) is 18.8 Å². The molecule has 1 amide bonds. The van der Waals surface area contributed by atoms with E-state index in [2.05, 4.69) is 5.32 Å². The molecule has 2 aromatic rings. The van der Waals surface area contributed by atoms with Crippen molar-refractivity contribution in [1.82, 2.24) is 0 Å². The highest BCUT2D eigenvalue weighted by Crippen LogP contribution is 2.17. The summed E-state index contributed by atoms with van der Waals surface area (Å²) >= 11 is 0. The molecule has 21 heavy (non-hydrogen) atoms. The van der Waals surface area contributed by atoms with Gasteiger partial charge in [0.15, 0.2) is 5.78 Å². The summed E-state index contributed by atoms with van der Waals surface area (Å²) in [4.78, 5) is 23.8. The molecule has 4 heteroatoms. The molecular formula is C17H17NO3. The second-order valence-corrected chi connectivity index (χ2v) is 4.69. The van der Waals surface area contributed by atoms with Crippen LogP contribution in [0.1, 0.15) is 33.2 Å². The summed E-state index contributed by atoms with van der Waals surface area (Å²) < 4.78 is 5.06. The molecule has 4 nitrogen and oxygen atoms in total. The molecular weight excluding hydrogens is 266 g/mol. The van der Waals surface area contributed by atoms with Gasteiger partial charge in [-0.25, -0.2) is 0 Å². The molecule has 108 valence electrons. The molecule has 0 aromatic heterocycles. The number of amides is 1. The maximum atomic E-state index is 12.3. The van der Waals surface area contributed by atoms with Gasteiger partial charge in [-0.1, -0.05) is 24.3 Å². The van der Waals surface area contributed by atoms with Crippen molar-refractivity contribution in [1.29, 1.82) is 0 Å². The summed E-state index contributed by atoms with van der Waals surface area (Å²) in [5.74, 6) is -0.333. The lowest BCUT2D eigenvalue weighted by Gasteiger charge is -2.09. The first-order valence-corrected chi connectivity index (χ1v) is 6.61. The first kappa shape index (κ1) is 14.9. The van der Waals surface area contributed by atoms with Gasteiger partial charge in [-0.05, 0) is 36.8 Å². The third-order valence-corrected chi connectivity index (χ3v) is 3.05. The van der Waals surface area contributed by atoms with Gasteiger partial charge >= 0.3 is 0 Å². The van der Waals surface area contributed by atoms with Gasteiger partial charge < -0.3 is 10.1 Å². The van der Waals surface area contributed by atoms with E-state index in [1.807, 2.05) is 6.07 Å². The second-order valence-electron chi connectivity index (χ2n) is 4.69. The molecule has 0 atom stereocenters. The van der Waals surface area contributed by atoms with Crippen LogP contribution in [0, 0.1) is 0 Å². The minimum absolute atomic E-state index is 0.0842. The molecule has 0 saturated heterocycles. The first-order chi connectivity index (χ1) is 10.1. The van der Waals surface area contributed by atoms with Crippen LogP contribution in [0.5, 0.6) is 0 Å². The third-order valence-electron chi connectivity index (χ3n) is 3.05. The van der Waals surface area contributed by atoms with Crippen LogP contribution in [0.2, 0.25) is 0 Å². The maximum Gasteiger partial charge on any atom is 0.255 e. The number of rotatable bonds is 5. The number of benzene rings is 2. The van der Waals surface area contributed by atoms with E-state index in [0.29, 0.717) is 23.4 Å². The van der Waals surface area contributed by atoms with Gasteiger partial charge in [0.05, 0.1) is 12.3 Å². The lowest BCUT2D eigenvalue weighted by molar-refractivity contribution is 0.101. The van der Waals surface area contributed by atoms with Crippen LogP contribution in [0.25, 0.3) is 0 Å². The Morgan fingerprint density at radius 2 is 1.86 bits per heavy atom. The highest BCUT2D eigenvalue weighted by molar-refractivity contribution is 6.09. The number of nitrogens with one attached hydrogen (secondary N) is 1. The number of anilines is 1. The Balaban J connectivity index is 2.22. The van der Waals surface area contributed by atoms with Gasteiger partial charge in [-0.15, -0.1) is 0 Å². The second kappa shape index (κ2) is 6.81. The van der Waals surface area contributed by atoms with Crippen LogP contribution in [0.15, 0.2) is 48.5 Å². The van der Waals surface area contributed by atoms with E-state index in [9.17, 15) is 9.59 Å². The van der Waals surface area contributed by atoms with Crippen molar-refractivity contribution < 1.29 is 14.3 Å². The van der Waals surface area contributed by atoms with E-state index in [-0.39, 0.29) is 11.7 Å². The van der Waals surface area contributed by atoms with E-state index < -0.39 is 0 Å². The first-order valence-electron chi connectivity index (χ1n) is 6.61. The number of methoxy groups -OCH3 is 1. The van der Waals surface area contributed by atoms with Crippen LogP contribution in [-0.2, 0) is 11.3 Å². The zero-order valence-electron chi connectivity index (χ0n) is 12.1. The van der Waals surface area contributed by atoms with Crippen molar-refractivity contribution in [2.45, 2.75) is 13.5 Å². The van der Waals surface area contributed by atoms with E-state index in [1.165, 1.54) is 6.92 Å². The fraction of sp³-hybridized carbons (Fsp3) is 0.176. The standard InChI is InChI=1S/C17H17NO3/c1-12(19)15-8-3-4-9-16(15)18-17(20)14-7-5-6-13(10-14)11-21-2/h3-10H,11H2,1-2H3,(H,18,20). The molecule has 0 aliphatic carbocycles. The molecule has 1 N–H and O–H groups in total. The Morgan fingerprint density at radius 1 is 1.10 bits per heavy atom. The Hall–Kier alpha value is -2.46. The summed E-state index contributed by atoms with van der Waals surface area (Å²) in [5.41, 5.74) is 2.47. The van der Waals surface area contributed by atoms with Crippen LogP contribution in [0.3, 0.4) is 0 Å². The monoisotopic (exact) mass is 283 g/mol. The quantitative estimate of drug-likeness (QED) is 0.857. The number of hydrogen-bond donors (Lipinski definition) is 1. The van der Waals surface area contributed by atoms with E-state index in [4.69, 9.17) is 4.74 Å². The fourth-order valence-corrected chi connectivity index (χ4v) is 2.06. The molecule has 0 aliphatic rings. The van der Waals surface area contributed by atoms with Gasteiger partial charge in [0.25, 0.3) is 5.91 Å². The third kappa shape index (κ3) is 3.77. The molecule has 0 radical (unpaired) electrons. The van der Waals surface area contributed by atoms with Crippen LogP contribution < -0.4 is 5.32 Å². The van der Waals surface area contributed by atoms with Gasteiger partial charge in [0.1, 0.15) is 0 Å². The molecule has 0 bridgehead atoms. The number of para-hydroxylation sites is 1. The van der Waals surface area contributed by atoms with Crippen molar-refractivity contribution in [2.24, 2.45) is 0 Å². The molecule has 0 saturated carbocycles. The zero-order valence-corrected chi connectivity index (χ0v) is 12.1. The number of carbonyl (C=O) groups is 2. The highest BCUT2D eigenvalue weighted by atomic mass is 16.5. The number of ether oxygens (including phenoxy) is 1. The topological polar surface area (TPSA) is 55.4 Å². The maximum absolute atomic E-state index is 12.3. The van der Waals surface area contributed by atoms with Crippen molar-refractivity contribution >= 4 is 17.4 Å². The summed E-state index contributed by atoms with van der Waals surface area (Å²) in [6.07, 6.45) is 0. The molecule has 0 spiro atoms. The van der Waals surface area contributed by atoms with E-state index >= 15 is 0 Å². The SMILES string of the molecule is COCc1cccc(C(=O)Nc2ccccc2C(C)=O)c1. The van der Waals surface area contributed by atoms with E-state index in [1.54, 1.807) is 49.6 Å². The average molecular weight is 283 g/mol. The largest absolute Gasteiger partial charge is 0.380 e. The smallest absolute Gasteiger partial charge is 0.255 e. The van der Waals surface area contributed by atoms with Crippen LogP contribution in [0.4, 0.5) is 5.69 Å². The van der Waals surface area contributed by atoms with Crippen molar-refractivity contribution in [2.75, 3.05) is 12.4 Å². The number of hydrogen-bond acceptors (Lipinski definition) is 3. The summed E-state index contributed by atoms with van der Waals surface area (Å²) in [5, 5.41) is 2.78.